The van der Waals surface area contributed by atoms with Crippen molar-refractivity contribution in [3.05, 3.63) is 23.8 Å². The monoisotopic (exact) mass is 258 g/mol. The molecule has 3 rings (SSSR count). The SMILES string of the molecule is N#CC1CCCN1C(=O)c1cccc2c1OCCO2. The molecule has 0 radical (unpaired) electrons. The van der Waals surface area contributed by atoms with E-state index in [4.69, 9.17) is 14.7 Å². The van der Waals surface area contributed by atoms with Crippen LogP contribution in [0.1, 0.15) is 23.2 Å². The van der Waals surface area contributed by atoms with Crippen LogP contribution in [0.5, 0.6) is 11.5 Å². The molecule has 0 bridgehead atoms. The van der Waals surface area contributed by atoms with Crippen molar-refractivity contribution in [2.45, 2.75) is 18.9 Å². The van der Waals surface area contributed by atoms with Gasteiger partial charge >= 0.3 is 0 Å². The number of carbonyl (C=O) groups excluding carboxylic acids is 1. The molecule has 5 nitrogen and oxygen atoms in total. The van der Waals surface area contributed by atoms with E-state index in [0.29, 0.717) is 36.8 Å². The Bertz CT molecular complexity index is 550. The minimum Gasteiger partial charge on any atom is -0.486 e. The second kappa shape index (κ2) is 4.81. The number of hydrogen-bond donors (Lipinski definition) is 0. The number of hydrogen-bond acceptors (Lipinski definition) is 4. The van der Waals surface area contributed by atoms with E-state index in [1.807, 2.05) is 0 Å². The van der Waals surface area contributed by atoms with Gasteiger partial charge < -0.3 is 14.4 Å². The van der Waals surface area contributed by atoms with Crippen molar-refractivity contribution in [1.29, 1.82) is 5.26 Å². The van der Waals surface area contributed by atoms with Crippen molar-refractivity contribution in [2.75, 3.05) is 19.8 Å². The molecule has 5 heteroatoms. The van der Waals surface area contributed by atoms with Gasteiger partial charge in [0.15, 0.2) is 11.5 Å². The maximum absolute atomic E-state index is 12.5. The third-order valence-corrected chi connectivity index (χ3v) is 3.46. The number of para-hydroxylation sites is 1. The minimum atomic E-state index is -0.326. The number of nitrogens with zero attached hydrogens (tertiary/aromatic N) is 2. The molecule has 0 saturated carbocycles. The maximum atomic E-state index is 12.5. The Morgan fingerprint density at radius 1 is 1.37 bits per heavy atom. The standard InChI is InChI=1S/C14H14N2O3/c15-9-10-3-2-6-16(10)14(17)11-4-1-5-12-13(11)19-8-7-18-12/h1,4-5,10H,2-3,6-8H2. The van der Waals surface area contributed by atoms with Gasteiger partial charge in [0.2, 0.25) is 0 Å². The fraction of sp³-hybridized carbons (Fsp3) is 0.429. The zero-order chi connectivity index (χ0) is 13.2. The van der Waals surface area contributed by atoms with Gasteiger partial charge in [0.1, 0.15) is 19.3 Å². The first-order chi connectivity index (χ1) is 9.31. The van der Waals surface area contributed by atoms with Crippen molar-refractivity contribution in [1.82, 2.24) is 4.90 Å². The molecule has 2 aliphatic rings. The predicted octanol–water partition coefficient (Wildman–Crippen LogP) is 1.59. The third kappa shape index (κ3) is 1.99. The second-order valence-corrected chi connectivity index (χ2v) is 4.62. The normalized spacial score (nSPS) is 21.0. The summed E-state index contributed by atoms with van der Waals surface area (Å²) in [5.74, 6) is 0.957. The zero-order valence-corrected chi connectivity index (χ0v) is 10.5. The van der Waals surface area contributed by atoms with Crippen LogP contribution >= 0.6 is 0 Å². The lowest BCUT2D eigenvalue weighted by atomic mass is 10.1. The van der Waals surface area contributed by atoms with E-state index in [9.17, 15) is 4.79 Å². The zero-order valence-electron chi connectivity index (χ0n) is 10.5. The van der Waals surface area contributed by atoms with Gasteiger partial charge in [-0.15, -0.1) is 0 Å². The highest BCUT2D eigenvalue weighted by Gasteiger charge is 2.32. The molecule has 1 atom stereocenters. The predicted molar refractivity (Wildman–Crippen MR) is 67.1 cm³/mol. The first-order valence-electron chi connectivity index (χ1n) is 6.40. The van der Waals surface area contributed by atoms with Crippen LogP contribution in [0.4, 0.5) is 0 Å². The molecule has 0 spiro atoms. The summed E-state index contributed by atoms with van der Waals surface area (Å²) in [6.07, 6.45) is 1.62. The molecule has 0 aromatic heterocycles. The van der Waals surface area contributed by atoms with Crippen molar-refractivity contribution in [3.63, 3.8) is 0 Å². The first-order valence-corrected chi connectivity index (χ1v) is 6.40. The molecule has 1 fully saturated rings. The highest BCUT2D eigenvalue weighted by Crippen LogP contribution is 2.35. The summed E-state index contributed by atoms with van der Waals surface area (Å²) in [4.78, 5) is 14.1. The number of nitriles is 1. The Morgan fingerprint density at radius 3 is 3.05 bits per heavy atom. The topological polar surface area (TPSA) is 62.6 Å². The number of amides is 1. The summed E-state index contributed by atoms with van der Waals surface area (Å²) in [5, 5.41) is 9.07. The van der Waals surface area contributed by atoms with Crippen molar-refractivity contribution < 1.29 is 14.3 Å². The van der Waals surface area contributed by atoms with Gasteiger partial charge in [-0.25, -0.2) is 0 Å². The van der Waals surface area contributed by atoms with E-state index >= 15 is 0 Å². The molecular formula is C14H14N2O3. The molecule has 1 amide bonds. The summed E-state index contributed by atoms with van der Waals surface area (Å²) in [7, 11) is 0. The summed E-state index contributed by atoms with van der Waals surface area (Å²) in [6.45, 7) is 1.57. The van der Waals surface area contributed by atoms with Gasteiger partial charge in [-0.3, -0.25) is 4.79 Å². The first kappa shape index (κ1) is 11.8. The molecule has 1 aromatic rings. The van der Waals surface area contributed by atoms with Crippen LogP contribution in [-0.2, 0) is 0 Å². The van der Waals surface area contributed by atoms with Gasteiger partial charge in [-0.05, 0) is 25.0 Å². The molecular weight excluding hydrogens is 244 g/mol. The smallest absolute Gasteiger partial charge is 0.258 e. The largest absolute Gasteiger partial charge is 0.486 e. The lowest BCUT2D eigenvalue weighted by Crippen LogP contribution is -2.35. The summed E-state index contributed by atoms with van der Waals surface area (Å²) in [6, 6.07) is 7.14. The van der Waals surface area contributed by atoms with Crippen molar-refractivity contribution >= 4 is 5.91 Å². The van der Waals surface area contributed by atoms with Gasteiger partial charge in [-0.1, -0.05) is 6.07 Å². The second-order valence-electron chi connectivity index (χ2n) is 4.62. The highest BCUT2D eigenvalue weighted by molar-refractivity contribution is 5.98. The van der Waals surface area contributed by atoms with E-state index in [2.05, 4.69) is 6.07 Å². The Morgan fingerprint density at radius 2 is 2.21 bits per heavy atom. The van der Waals surface area contributed by atoms with E-state index < -0.39 is 0 Å². The van der Waals surface area contributed by atoms with Crippen LogP contribution in [0.25, 0.3) is 0 Å². The Labute approximate surface area is 111 Å². The lowest BCUT2D eigenvalue weighted by molar-refractivity contribution is 0.0754. The Hall–Kier alpha value is -2.22. The van der Waals surface area contributed by atoms with Crippen LogP contribution in [0.3, 0.4) is 0 Å². The van der Waals surface area contributed by atoms with E-state index in [1.54, 1.807) is 23.1 Å². The fourth-order valence-corrected chi connectivity index (χ4v) is 2.54. The fourth-order valence-electron chi connectivity index (χ4n) is 2.54. The average Bonchev–Trinajstić information content (AvgIpc) is 2.94. The van der Waals surface area contributed by atoms with E-state index in [0.717, 1.165) is 12.8 Å². The summed E-state index contributed by atoms with van der Waals surface area (Å²) >= 11 is 0. The number of benzene rings is 1. The molecule has 0 aliphatic carbocycles. The van der Waals surface area contributed by atoms with Crippen molar-refractivity contribution in [2.24, 2.45) is 0 Å². The van der Waals surface area contributed by atoms with Crippen LogP contribution in [-0.4, -0.2) is 36.6 Å². The molecule has 2 heterocycles. The molecule has 1 unspecified atom stereocenters. The van der Waals surface area contributed by atoms with Crippen LogP contribution in [0.15, 0.2) is 18.2 Å². The molecule has 1 aromatic carbocycles. The average molecular weight is 258 g/mol. The van der Waals surface area contributed by atoms with Gasteiger partial charge in [0.05, 0.1) is 11.6 Å². The van der Waals surface area contributed by atoms with Crippen LogP contribution < -0.4 is 9.47 Å². The summed E-state index contributed by atoms with van der Waals surface area (Å²) < 4.78 is 11.0. The minimum absolute atomic E-state index is 0.147. The molecule has 1 saturated heterocycles. The van der Waals surface area contributed by atoms with Gasteiger partial charge in [-0.2, -0.15) is 5.26 Å². The maximum Gasteiger partial charge on any atom is 0.258 e. The molecule has 2 aliphatic heterocycles. The lowest BCUT2D eigenvalue weighted by Gasteiger charge is -2.24. The third-order valence-electron chi connectivity index (χ3n) is 3.46. The van der Waals surface area contributed by atoms with E-state index in [-0.39, 0.29) is 11.9 Å². The number of fused-ring (bicyclic) bond motifs is 1. The molecule has 0 N–H and O–H groups in total. The number of ether oxygens (including phenoxy) is 2. The Balaban J connectivity index is 1.94. The van der Waals surface area contributed by atoms with Gasteiger partial charge in [0.25, 0.3) is 5.91 Å². The quantitative estimate of drug-likeness (QED) is 0.767. The van der Waals surface area contributed by atoms with Gasteiger partial charge in [0, 0.05) is 6.54 Å². The summed E-state index contributed by atoms with van der Waals surface area (Å²) in [5.41, 5.74) is 0.486. The highest BCUT2D eigenvalue weighted by atomic mass is 16.6. The number of rotatable bonds is 1. The van der Waals surface area contributed by atoms with E-state index in [1.165, 1.54) is 0 Å². The molecule has 19 heavy (non-hydrogen) atoms. The van der Waals surface area contributed by atoms with Crippen LogP contribution in [0, 0.1) is 11.3 Å². The van der Waals surface area contributed by atoms with Crippen molar-refractivity contribution in [3.8, 4) is 17.6 Å². The van der Waals surface area contributed by atoms with Crippen LogP contribution in [0.2, 0.25) is 0 Å². The molecule has 98 valence electrons. The number of carbonyl (C=O) groups is 1. The Kier molecular flexibility index (Phi) is 3.00. The number of likely N-dealkylation sites (tertiary alicyclic amines) is 1.